The van der Waals surface area contributed by atoms with Crippen LogP contribution in [0.1, 0.15) is 44.7 Å². The van der Waals surface area contributed by atoms with Gasteiger partial charge in [0.25, 0.3) is 5.91 Å². The van der Waals surface area contributed by atoms with Gasteiger partial charge in [-0.05, 0) is 29.0 Å². The number of anilines is 1. The largest absolute Gasteiger partial charge is 0.296 e. The molecule has 0 bridgehead atoms. The van der Waals surface area contributed by atoms with Crippen LogP contribution < -0.4 is 5.32 Å². The lowest BCUT2D eigenvalue weighted by molar-refractivity contribution is -0.112. The van der Waals surface area contributed by atoms with Gasteiger partial charge in [-0.2, -0.15) is 5.26 Å². The summed E-state index contributed by atoms with van der Waals surface area (Å²) in [5.74, 6) is -0.387. The van der Waals surface area contributed by atoms with Crippen molar-refractivity contribution in [3.05, 3.63) is 41.0 Å². The first-order valence-electron chi connectivity index (χ1n) is 8.71. The SMILES string of the molecule is CC(C)CS(=O)(=O)c1nnc(NC(=O)C(C#N)=Cc2ccc(C(C)C)cc2)s1. The molecule has 0 unspecified atom stereocenters. The number of amides is 1. The average Bonchev–Trinajstić information content (AvgIpc) is 3.08. The van der Waals surface area contributed by atoms with Gasteiger partial charge in [-0.3, -0.25) is 10.1 Å². The molecule has 0 aliphatic carbocycles. The Hall–Kier alpha value is -2.57. The third kappa shape index (κ3) is 5.71. The van der Waals surface area contributed by atoms with Crippen LogP contribution in [0.5, 0.6) is 0 Å². The Morgan fingerprint density at radius 1 is 1.21 bits per heavy atom. The second-order valence-electron chi connectivity index (χ2n) is 6.99. The van der Waals surface area contributed by atoms with Gasteiger partial charge in [0.2, 0.25) is 19.3 Å². The second-order valence-corrected chi connectivity index (χ2v) is 10.2. The van der Waals surface area contributed by atoms with Crippen LogP contribution in [-0.4, -0.2) is 30.3 Å². The zero-order chi connectivity index (χ0) is 20.9. The average molecular weight is 419 g/mol. The lowest BCUT2D eigenvalue weighted by atomic mass is 10.0. The minimum Gasteiger partial charge on any atom is -0.296 e. The van der Waals surface area contributed by atoms with Crippen molar-refractivity contribution in [1.82, 2.24) is 10.2 Å². The first-order valence-corrected chi connectivity index (χ1v) is 11.2. The van der Waals surface area contributed by atoms with Crippen LogP contribution in [0.2, 0.25) is 0 Å². The van der Waals surface area contributed by atoms with E-state index >= 15 is 0 Å². The number of nitrogens with zero attached hydrogens (tertiary/aromatic N) is 3. The van der Waals surface area contributed by atoms with Gasteiger partial charge in [-0.25, -0.2) is 8.42 Å². The van der Waals surface area contributed by atoms with Crippen LogP contribution in [0, 0.1) is 17.2 Å². The van der Waals surface area contributed by atoms with E-state index in [0.29, 0.717) is 11.5 Å². The molecule has 9 heteroatoms. The summed E-state index contributed by atoms with van der Waals surface area (Å²) in [6.07, 6.45) is 1.47. The number of nitrogens with one attached hydrogen (secondary N) is 1. The summed E-state index contributed by atoms with van der Waals surface area (Å²) >= 11 is 0.771. The van der Waals surface area contributed by atoms with Crippen molar-refractivity contribution in [2.75, 3.05) is 11.1 Å². The predicted molar refractivity (Wildman–Crippen MR) is 110 cm³/mol. The number of carbonyl (C=O) groups excluding carboxylic acids is 1. The topological polar surface area (TPSA) is 113 Å². The van der Waals surface area contributed by atoms with E-state index in [2.05, 4.69) is 29.4 Å². The van der Waals surface area contributed by atoms with Crippen molar-refractivity contribution < 1.29 is 13.2 Å². The highest BCUT2D eigenvalue weighted by atomic mass is 32.2. The van der Waals surface area contributed by atoms with E-state index in [1.165, 1.54) is 6.08 Å². The van der Waals surface area contributed by atoms with Gasteiger partial charge in [0.15, 0.2) is 0 Å². The Morgan fingerprint density at radius 2 is 1.86 bits per heavy atom. The highest BCUT2D eigenvalue weighted by molar-refractivity contribution is 7.93. The van der Waals surface area contributed by atoms with E-state index in [1.54, 1.807) is 13.8 Å². The molecule has 148 valence electrons. The molecule has 0 atom stereocenters. The van der Waals surface area contributed by atoms with E-state index in [1.807, 2.05) is 30.3 Å². The lowest BCUT2D eigenvalue weighted by Gasteiger charge is -2.05. The number of hydrogen-bond acceptors (Lipinski definition) is 7. The Bertz CT molecular complexity index is 1010. The van der Waals surface area contributed by atoms with Gasteiger partial charge in [-0.15, -0.1) is 10.2 Å². The normalized spacial score (nSPS) is 12.2. The van der Waals surface area contributed by atoms with Crippen molar-refractivity contribution >= 4 is 38.3 Å². The first-order chi connectivity index (χ1) is 13.1. The highest BCUT2D eigenvalue weighted by Gasteiger charge is 2.22. The van der Waals surface area contributed by atoms with E-state index in [4.69, 9.17) is 0 Å². The molecule has 0 spiro atoms. The van der Waals surface area contributed by atoms with Gasteiger partial charge in [0, 0.05) is 0 Å². The summed E-state index contributed by atoms with van der Waals surface area (Å²) in [4.78, 5) is 12.3. The zero-order valence-corrected chi connectivity index (χ0v) is 17.8. The summed E-state index contributed by atoms with van der Waals surface area (Å²) < 4.78 is 24.2. The number of benzene rings is 1. The third-order valence-electron chi connectivity index (χ3n) is 3.72. The summed E-state index contributed by atoms with van der Waals surface area (Å²) in [5.41, 5.74) is 1.76. The van der Waals surface area contributed by atoms with Crippen molar-refractivity contribution in [3.63, 3.8) is 0 Å². The van der Waals surface area contributed by atoms with Gasteiger partial charge in [0.1, 0.15) is 11.6 Å². The maximum Gasteiger partial charge on any atom is 0.268 e. The molecule has 0 aliphatic heterocycles. The van der Waals surface area contributed by atoms with Crippen LogP contribution in [0.25, 0.3) is 6.08 Å². The molecule has 0 radical (unpaired) electrons. The molecule has 1 aromatic heterocycles. The summed E-state index contributed by atoms with van der Waals surface area (Å²) in [6.45, 7) is 7.74. The quantitative estimate of drug-likeness (QED) is 0.417. The third-order valence-corrected chi connectivity index (χ3v) is 7.09. The van der Waals surface area contributed by atoms with Crippen molar-refractivity contribution in [2.45, 2.75) is 38.0 Å². The standard InChI is InChI=1S/C19H22N4O3S2/c1-12(2)11-28(25,26)19-23-22-18(27-19)21-17(24)16(10-20)9-14-5-7-15(8-6-14)13(3)4/h5-9,12-13H,11H2,1-4H3,(H,21,22,24). The van der Waals surface area contributed by atoms with Crippen molar-refractivity contribution in [3.8, 4) is 6.07 Å². The van der Waals surface area contributed by atoms with Crippen molar-refractivity contribution in [2.24, 2.45) is 5.92 Å². The summed E-state index contributed by atoms with van der Waals surface area (Å²) in [7, 11) is -3.55. The molecule has 0 saturated heterocycles. The molecule has 7 nitrogen and oxygen atoms in total. The highest BCUT2D eigenvalue weighted by Crippen LogP contribution is 2.23. The fourth-order valence-electron chi connectivity index (χ4n) is 2.35. The maximum atomic E-state index is 12.3. The number of nitriles is 1. The zero-order valence-electron chi connectivity index (χ0n) is 16.1. The van der Waals surface area contributed by atoms with Gasteiger partial charge < -0.3 is 0 Å². The molecule has 0 saturated carbocycles. The Kier molecular flexibility index (Phi) is 7.05. The van der Waals surface area contributed by atoms with Gasteiger partial charge in [-0.1, -0.05) is 63.3 Å². The van der Waals surface area contributed by atoms with E-state index in [0.717, 1.165) is 16.9 Å². The van der Waals surface area contributed by atoms with E-state index < -0.39 is 15.7 Å². The van der Waals surface area contributed by atoms with Crippen LogP contribution in [0.4, 0.5) is 5.13 Å². The number of hydrogen-bond donors (Lipinski definition) is 1. The predicted octanol–water partition coefficient (Wildman–Crippen LogP) is 3.64. The fourth-order valence-corrected chi connectivity index (χ4v) is 4.96. The summed E-state index contributed by atoms with van der Waals surface area (Å²) in [5, 5.41) is 19.1. The molecule has 2 aromatic rings. The van der Waals surface area contributed by atoms with Crippen LogP contribution in [-0.2, 0) is 14.6 Å². The number of carbonyl (C=O) groups is 1. The molecule has 1 N–H and O–H groups in total. The number of aromatic nitrogens is 2. The van der Waals surface area contributed by atoms with E-state index in [9.17, 15) is 18.5 Å². The smallest absolute Gasteiger partial charge is 0.268 e. The molecule has 2 rings (SSSR count). The Morgan fingerprint density at radius 3 is 2.39 bits per heavy atom. The van der Waals surface area contributed by atoms with Crippen LogP contribution in [0.15, 0.2) is 34.2 Å². The molecular formula is C19H22N4O3S2. The van der Waals surface area contributed by atoms with Crippen LogP contribution in [0.3, 0.4) is 0 Å². The molecule has 1 aromatic carbocycles. The second kappa shape index (κ2) is 9.08. The minimum absolute atomic E-state index is 0.0311. The molecule has 0 fully saturated rings. The lowest BCUT2D eigenvalue weighted by Crippen LogP contribution is -2.13. The monoisotopic (exact) mass is 418 g/mol. The maximum absolute atomic E-state index is 12.3. The van der Waals surface area contributed by atoms with Crippen molar-refractivity contribution in [1.29, 1.82) is 5.26 Å². The molecule has 0 aliphatic rings. The van der Waals surface area contributed by atoms with E-state index in [-0.39, 0.29) is 26.7 Å². The Labute approximate surface area is 169 Å². The molecular weight excluding hydrogens is 396 g/mol. The van der Waals surface area contributed by atoms with Gasteiger partial charge >= 0.3 is 0 Å². The minimum atomic E-state index is -3.55. The molecule has 1 heterocycles. The molecule has 1 amide bonds. The van der Waals surface area contributed by atoms with Gasteiger partial charge in [0.05, 0.1) is 5.75 Å². The molecule has 28 heavy (non-hydrogen) atoms. The van der Waals surface area contributed by atoms with Crippen LogP contribution >= 0.6 is 11.3 Å². The Balaban J connectivity index is 2.16. The first kappa shape index (κ1) is 21.7. The summed E-state index contributed by atoms with van der Waals surface area (Å²) in [6, 6.07) is 9.42. The number of sulfone groups is 1. The fraction of sp³-hybridized carbons (Fsp3) is 0.368. The number of rotatable bonds is 7.